The second-order valence-electron chi connectivity index (χ2n) is 6.23. The minimum Gasteiger partial charge on any atom is -0.450 e. The molecule has 1 aromatic heterocycles. The summed E-state index contributed by atoms with van der Waals surface area (Å²) in [6.45, 7) is 4.74. The topological polar surface area (TPSA) is 85.2 Å². The van der Waals surface area contributed by atoms with Crippen LogP contribution in [0.2, 0.25) is 0 Å². The van der Waals surface area contributed by atoms with E-state index in [0.717, 1.165) is 41.8 Å². The van der Waals surface area contributed by atoms with Gasteiger partial charge in [-0.15, -0.1) is 0 Å². The van der Waals surface area contributed by atoms with Crippen molar-refractivity contribution in [2.45, 2.75) is 33.1 Å². The summed E-state index contributed by atoms with van der Waals surface area (Å²) in [6.07, 6.45) is 2.34. The minimum atomic E-state index is -0.480. The molecule has 3 rings (SSSR count). The molecule has 0 radical (unpaired) electrons. The number of aryl methyl sites for hydroxylation is 1. The molecule has 0 saturated heterocycles. The molecule has 1 aromatic carbocycles. The van der Waals surface area contributed by atoms with Crippen LogP contribution < -0.4 is 10.6 Å². The quantitative estimate of drug-likeness (QED) is 0.777. The number of carbonyl (C=O) groups is 2. The molecule has 2 aromatic rings. The number of amides is 2. The summed E-state index contributed by atoms with van der Waals surface area (Å²) in [4.78, 5) is 23.8. The maximum absolute atomic E-state index is 12.6. The van der Waals surface area contributed by atoms with Gasteiger partial charge in [0.1, 0.15) is 0 Å². The molecule has 2 N–H and O–H groups in total. The maximum atomic E-state index is 12.6. The van der Waals surface area contributed by atoms with E-state index >= 15 is 0 Å². The summed E-state index contributed by atoms with van der Waals surface area (Å²) in [5.74, 6) is -0.207. The monoisotopic (exact) mass is 356 g/mol. The first-order valence-electron chi connectivity index (χ1n) is 8.97. The Kier molecular flexibility index (Phi) is 5.55. The van der Waals surface area contributed by atoms with Crippen molar-refractivity contribution in [3.63, 3.8) is 0 Å². The zero-order chi connectivity index (χ0) is 18.5. The normalized spacial score (nSPS) is 12.5. The number of fused-ring (bicyclic) bond motifs is 1. The highest BCUT2D eigenvalue weighted by molar-refractivity contribution is 5.94. The Morgan fingerprint density at radius 1 is 1.19 bits per heavy atom. The maximum Gasteiger partial charge on any atom is 0.407 e. The van der Waals surface area contributed by atoms with Gasteiger partial charge in [-0.25, -0.2) is 9.48 Å². The highest BCUT2D eigenvalue weighted by Crippen LogP contribution is 2.28. The SMILES string of the molecule is CCOC(=O)NCCNC(=O)c1nn(-c2ccccc2C)c2c1CCC2. The number of rotatable bonds is 6. The smallest absolute Gasteiger partial charge is 0.407 e. The predicted octanol–water partition coefficient (Wildman–Crippen LogP) is 2.15. The van der Waals surface area contributed by atoms with Crippen LogP contribution in [0.25, 0.3) is 5.69 Å². The second-order valence-corrected chi connectivity index (χ2v) is 6.23. The van der Waals surface area contributed by atoms with Crippen molar-refractivity contribution in [3.05, 3.63) is 46.8 Å². The first-order chi connectivity index (χ1) is 12.6. The lowest BCUT2D eigenvalue weighted by molar-refractivity contribution is 0.0946. The largest absolute Gasteiger partial charge is 0.450 e. The highest BCUT2D eigenvalue weighted by Gasteiger charge is 2.27. The molecule has 2 amide bonds. The lowest BCUT2D eigenvalue weighted by Gasteiger charge is -2.08. The Balaban J connectivity index is 1.71. The van der Waals surface area contributed by atoms with Gasteiger partial charge in [-0.3, -0.25) is 4.79 Å². The van der Waals surface area contributed by atoms with Gasteiger partial charge in [0.05, 0.1) is 12.3 Å². The lowest BCUT2D eigenvalue weighted by atomic mass is 10.2. The van der Waals surface area contributed by atoms with E-state index in [-0.39, 0.29) is 5.91 Å². The molecule has 7 heteroatoms. The standard InChI is InChI=1S/C19H24N4O3/c1-3-26-19(25)21-12-11-20-18(24)17-14-8-6-10-16(14)23(22-17)15-9-5-4-7-13(15)2/h4-5,7,9H,3,6,8,10-12H2,1-2H3,(H,20,24)(H,21,25). The summed E-state index contributed by atoms with van der Waals surface area (Å²) in [5.41, 5.74) is 4.76. The number of hydrogen-bond acceptors (Lipinski definition) is 4. The van der Waals surface area contributed by atoms with Gasteiger partial charge in [-0.1, -0.05) is 18.2 Å². The second kappa shape index (κ2) is 8.03. The van der Waals surface area contributed by atoms with E-state index in [1.807, 2.05) is 35.9 Å². The van der Waals surface area contributed by atoms with E-state index < -0.39 is 6.09 Å². The van der Waals surface area contributed by atoms with E-state index in [1.165, 1.54) is 0 Å². The van der Waals surface area contributed by atoms with Crippen LogP contribution in [0.15, 0.2) is 24.3 Å². The first kappa shape index (κ1) is 18.0. The summed E-state index contributed by atoms with van der Waals surface area (Å²) < 4.78 is 6.69. The van der Waals surface area contributed by atoms with E-state index in [9.17, 15) is 9.59 Å². The number of para-hydroxylation sites is 1. The van der Waals surface area contributed by atoms with Crippen LogP contribution >= 0.6 is 0 Å². The molecule has 0 saturated carbocycles. The average molecular weight is 356 g/mol. The number of nitrogens with one attached hydrogen (secondary N) is 2. The van der Waals surface area contributed by atoms with E-state index in [0.29, 0.717) is 25.4 Å². The minimum absolute atomic E-state index is 0.207. The summed E-state index contributed by atoms with van der Waals surface area (Å²) >= 11 is 0. The van der Waals surface area contributed by atoms with Gasteiger partial charge >= 0.3 is 6.09 Å². The number of nitrogens with zero attached hydrogens (tertiary/aromatic N) is 2. The van der Waals surface area contributed by atoms with Crippen LogP contribution in [-0.2, 0) is 17.6 Å². The third-order valence-electron chi connectivity index (χ3n) is 4.44. The molecule has 0 fully saturated rings. The fourth-order valence-electron chi connectivity index (χ4n) is 3.23. The zero-order valence-electron chi connectivity index (χ0n) is 15.2. The van der Waals surface area contributed by atoms with Gasteiger partial charge in [0, 0.05) is 24.3 Å². The molecular weight excluding hydrogens is 332 g/mol. The Morgan fingerprint density at radius 3 is 2.73 bits per heavy atom. The highest BCUT2D eigenvalue weighted by atomic mass is 16.5. The predicted molar refractivity (Wildman–Crippen MR) is 97.7 cm³/mol. The van der Waals surface area contributed by atoms with Crippen molar-refractivity contribution in [2.75, 3.05) is 19.7 Å². The Morgan fingerprint density at radius 2 is 1.96 bits per heavy atom. The number of alkyl carbamates (subject to hydrolysis) is 1. The zero-order valence-corrected chi connectivity index (χ0v) is 15.2. The van der Waals surface area contributed by atoms with Crippen LogP contribution in [0.5, 0.6) is 0 Å². The van der Waals surface area contributed by atoms with E-state index in [2.05, 4.69) is 15.7 Å². The molecule has 0 atom stereocenters. The molecule has 0 unspecified atom stereocenters. The molecule has 0 bridgehead atoms. The Bertz CT molecular complexity index is 813. The van der Waals surface area contributed by atoms with Gasteiger partial charge in [0.2, 0.25) is 0 Å². The van der Waals surface area contributed by atoms with Crippen LogP contribution in [0.4, 0.5) is 4.79 Å². The van der Waals surface area contributed by atoms with Gasteiger partial charge in [-0.2, -0.15) is 5.10 Å². The van der Waals surface area contributed by atoms with Gasteiger partial charge in [0.25, 0.3) is 5.91 Å². The average Bonchev–Trinajstić information content (AvgIpc) is 3.22. The summed E-state index contributed by atoms with van der Waals surface area (Å²) in [7, 11) is 0. The Labute approximate surface area is 152 Å². The van der Waals surface area contributed by atoms with Gasteiger partial charge in [0.15, 0.2) is 5.69 Å². The van der Waals surface area contributed by atoms with Crippen LogP contribution in [0.1, 0.15) is 40.7 Å². The molecule has 1 heterocycles. The van der Waals surface area contributed by atoms with Gasteiger partial charge < -0.3 is 15.4 Å². The van der Waals surface area contributed by atoms with Crippen LogP contribution in [-0.4, -0.2) is 41.5 Å². The molecular formula is C19H24N4O3. The van der Waals surface area contributed by atoms with E-state index in [4.69, 9.17) is 4.74 Å². The molecule has 138 valence electrons. The fourth-order valence-corrected chi connectivity index (χ4v) is 3.23. The van der Waals surface area contributed by atoms with Crippen molar-refractivity contribution in [2.24, 2.45) is 0 Å². The lowest BCUT2D eigenvalue weighted by Crippen LogP contribution is -2.35. The molecule has 1 aliphatic rings. The van der Waals surface area contributed by atoms with Crippen LogP contribution in [0.3, 0.4) is 0 Å². The van der Waals surface area contributed by atoms with Crippen LogP contribution in [0, 0.1) is 6.92 Å². The number of aromatic nitrogens is 2. The van der Waals surface area contributed by atoms with Crippen molar-refractivity contribution >= 4 is 12.0 Å². The fraction of sp³-hybridized carbons (Fsp3) is 0.421. The number of ether oxygens (including phenoxy) is 1. The molecule has 7 nitrogen and oxygen atoms in total. The van der Waals surface area contributed by atoms with Gasteiger partial charge in [-0.05, 0) is 44.7 Å². The molecule has 1 aliphatic carbocycles. The number of hydrogen-bond donors (Lipinski definition) is 2. The first-order valence-corrected chi connectivity index (χ1v) is 8.97. The third kappa shape index (κ3) is 3.71. The number of benzene rings is 1. The number of carbonyl (C=O) groups excluding carboxylic acids is 2. The summed E-state index contributed by atoms with van der Waals surface area (Å²) in [5, 5.41) is 10.00. The third-order valence-corrected chi connectivity index (χ3v) is 4.44. The molecule has 0 spiro atoms. The van der Waals surface area contributed by atoms with E-state index in [1.54, 1.807) is 6.92 Å². The van der Waals surface area contributed by atoms with Crippen molar-refractivity contribution in [1.82, 2.24) is 20.4 Å². The summed E-state index contributed by atoms with van der Waals surface area (Å²) in [6, 6.07) is 8.03. The van der Waals surface area contributed by atoms with Crippen molar-refractivity contribution in [1.29, 1.82) is 0 Å². The van der Waals surface area contributed by atoms with Crippen molar-refractivity contribution in [3.8, 4) is 5.69 Å². The molecule has 26 heavy (non-hydrogen) atoms. The van der Waals surface area contributed by atoms with Crippen molar-refractivity contribution < 1.29 is 14.3 Å². The molecule has 0 aliphatic heterocycles. The Hall–Kier alpha value is -2.83.